The first-order chi connectivity index (χ1) is 14.4. The molecule has 5 aliphatic carbocycles. The standard InChI is InChI=1S/C27H22O2/c1-3-7-17-15(5-1)24-16-6-2-4-8-18(16)25(17)22-14-23-20(13-21(22)24)19-9-10-27(26(19)23)28-11-12-29-27/h1-8,13-14,19,24-26H,9-12H2. The van der Waals surface area contributed by atoms with E-state index < -0.39 is 0 Å². The van der Waals surface area contributed by atoms with Gasteiger partial charge in [-0.15, -0.1) is 0 Å². The molecule has 2 fully saturated rings. The molecule has 2 heteroatoms. The van der Waals surface area contributed by atoms with Gasteiger partial charge in [-0.1, -0.05) is 60.7 Å². The lowest BCUT2D eigenvalue weighted by Crippen LogP contribution is -2.40. The third-order valence-corrected chi connectivity index (χ3v) is 8.34. The fourth-order valence-electron chi connectivity index (χ4n) is 7.31. The second kappa shape index (κ2) is 5.00. The molecule has 1 saturated carbocycles. The first-order valence-electron chi connectivity index (χ1n) is 11.0. The highest BCUT2D eigenvalue weighted by atomic mass is 16.7. The van der Waals surface area contributed by atoms with Crippen LogP contribution in [0.15, 0.2) is 60.7 Å². The van der Waals surface area contributed by atoms with Crippen LogP contribution in [0, 0.1) is 0 Å². The van der Waals surface area contributed by atoms with E-state index in [0.717, 1.165) is 19.6 Å². The Balaban J connectivity index is 1.37. The van der Waals surface area contributed by atoms with Gasteiger partial charge in [0.15, 0.2) is 5.79 Å². The number of fused-ring (bicyclic) bond motifs is 5. The van der Waals surface area contributed by atoms with Crippen molar-refractivity contribution in [3.63, 3.8) is 0 Å². The van der Waals surface area contributed by atoms with Crippen molar-refractivity contribution in [3.8, 4) is 0 Å². The molecule has 3 aromatic rings. The van der Waals surface area contributed by atoms with E-state index in [0.29, 0.717) is 23.7 Å². The van der Waals surface area contributed by atoms with Gasteiger partial charge in [-0.05, 0) is 56.8 Å². The quantitative estimate of drug-likeness (QED) is 0.360. The third kappa shape index (κ3) is 1.66. The molecule has 0 amide bonds. The number of hydrogen-bond donors (Lipinski definition) is 0. The van der Waals surface area contributed by atoms with Crippen LogP contribution in [0.5, 0.6) is 0 Å². The van der Waals surface area contributed by atoms with E-state index in [2.05, 4.69) is 60.7 Å². The van der Waals surface area contributed by atoms with Crippen LogP contribution in [0.1, 0.15) is 81.0 Å². The molecule has 29 heavy (non-hydrogen) atoms. The number of rotatable bonds is 0. The van der Waals surface area contributed by atoms with Crippen LogP contribution >= 0.6 is 0 Å². The van der Waals surface area contributed by atoms with Crippen molar-refractivity contribution in [3.05, 3.63) is 105 Å². The van der Waals surface area contributed by atoms with Crippen LogP contribution in [-0.4, -0.2) is 19.0 Å². The summed E-state index contributed by atoms with van der Waals surface area (Å²) in [6, 6.07) is 23.3. The summed E-state index contributed by atoms with van der Waals surface area (Å²) in [4.78, 5) is 0. The Kier molecular flexibility index (Phi) is 2.66. The van der Waals surface area contributed by atoms with Crippen LogP contribution in [0.3, 0.4) is 0 Å². The average molecular weight is 378 g/mol. The van der Waals surface area contributed by atoms with E-state index >= 15 is 0 Å². The van der Waals surface area contributed by atoms with Crippen molar-refractivity contribution in [2.75, 3.05) is 13.2 Å². The first-order valence-corrected chi connectivity index (χ1v) is 11.0. The number of benzene rings is 3. The normalized spacial score (nSPS) is 30.9. The van der Waals surface area contributed by atoms with Crippen molar-refractivity contribution in [1.29, 1.82) is 0 Å². The van der Waals surface area contributed by atoms with Crippen LogP contribution in [0.2, 0.25) is 0 Å². The van der Waals surface area contributed by atoms with Crippen LogP contribution < -0.4 is 0 Å². The van der Waals surface area contributed by atoms with Gasteiger partial charge in [-0.3, -0.25) is 0 Å². The van der Waals surface area contributed by atoms with E-state index in [4.69, 9.17) is 9.47 Å². The minimum Gasteiger partial charge on any atom is -0.347 e. The molecular weight excluding hydrogens is 356 g/mol. The smallest absolute Gasteiger partial charge is 0.175 e. The molecule has 142 valence electrons. The SMILES string of the molecule is c1ccc2c(c1)C1c3ccccc3C2c2cc3c(cc21)C1CCC2(OCCO2)C31. The Hall–Kier alpha value is -2.42. The molecule has 1 heterocycles. The first kappa shape index (κ1) is 15.4. The topological polar surface area (TPSA) is 18.5 Å². The Labute approximate surface area is 170 Å². The molecule has 2 nitrogen and oxygen atoms in total. The van der Waals surface area contributed by atoms with Crippen LogP contribution in [-0.2, 0) is 9.47 Å². The van der Waals surface area contributed by atoms with Gasteiger partial charge >= 0.3 is 0 Å². The zero-order valence-electron chi connectivity index (χ0n) is 16.2. The van der Waals surface area contributed by atoms with E-state index in [9.17, 15) is 0 Å². The lowest BCUT2D eigenvalue weighted by molar-refractivity contribution is -0.166. The number of hydrogen-bond acceptors (Lipinski definition) is 2. The molecule has 2 atom stereocenters. The van der Waals surface area contributed by atoms with Gasteiger partial charge in [0.1, 0.15) is 0 Å². The minimum absolute atomic E-state index is 0.338. The van der Waals surface area contributed by atoms with E-state index in [1.54, 1.807) is 11.1 Å². The Morgan fingerprint density at radius 1 is 0.621 bits per heavy atom. The Bertz CT molecular complexity index is 1160. The van der Waals surface area contributed by atoms with E-state index in [-0.39, 0.29) is 5.79 Å². The van der Waals surface area contributed by atoms with Gasteiger partial charge in [0.2, 0.25) is 0 Å². The third-order valence-electron chi connectivity index (χ3n) is 8.34. The molecule has 3 aromatic carbocycles. The van der Waals surface area contributed by atoms with Crippen molar-refractivity contribution < 1.29 is 9.47 Å². The maximum atomic E-state index is 6.19. The van der Waals surface area contributed by atoms with Gasteiger partial charge in [0, 0.05) is 24.2 Å². The second-order valence-electron chi connectivity index (χ2n) is 9.37. The van der Waals surface area contributed by atoms with E-state index in [1.807, 2.05) is 0 Å². The number of ether oxygens (including phenoxy) is 2. The monoisotopic (exact) mass is 378 g/mol. The van der Waals surface area contributed by atoms with Gasteiger partial charge in [0.25, 0.3) is 0 Å². The average Bonchev–Trinajstić information content (AvgIpc) is 3.36. The maximum absolute atomic E-state index is 6.19. The van der Waals surface area contributed by atoms with Crippen molar-refractivity contribution in [1.82, 2.24) is 0 Å². The maximum Gasteiger partial charge on any atom is 0.175 e. The van der Waals surface area contributed by atoms with Crippen molar-refractivity contribution in [2.24, 2.45) is 0 Å². The molecule has 2 unspecified atom stereocenters. The highest BCUT2D eigenvalue weighted by Gasteiger charge is 2.60. The second-order valence-corrected chi connectivity index (χ2v) is 9.37. The fraction of sp³-hybridized carbons (Fsp3) is 0.333. The molecule has 0 aromatic heterocycles. The largest absolute Gasteiger partial charge is 0.347 e. The Morgan fingerprint density at radius 2 is 1.14 bits per heavy atom. The van der Waals surface area contributed by atoms with Crippen LogP contribution in [0.4, 0.5) is 0 Å². The fourth-order valence-corrected chi connectivity index (χ4v) is 7.31. The molecule has 2 bridgehead atoms. The molecule has 1 saturated heterocycles. The zero-order chi connectivity index (χ0) is 18.7. The summed E-state index contributed by atoms with van der Waals surface area (Å²) in [5.74, 6) is 1.43. The van der Waals surface area contributed by atoms with Gasteiger partial charge < -0.3 is 9.47 Å². The highest BCUT2D eigenvalue weighted by Crippen LogP contribution is 2.66. The summed E-state index contributed by atoms with van der Waals surface area (Å²) < 4.78 is 12.4. The summed E-state index contributed by atoms with van der Waals surface area (Å²) in [7, 11) is 0. The molecular formula is C27H22O2. The van der Waals surface area contributed by atoms with Crippen molar-refractivity contribution >= 4 is 0 Å². The lowest BCUT2D eigenvalue weighted by Gasteiger charge is -2.47. The summed E-state index contributed by atoms with van der Waals surface area (Å²) in [6.07, 6.45) is 2.23. The predicted octanol–water partition coefficient (Wildman–Crippen LogP) is 5.39. The molecule has 0 N–H and O–H groups in total. The Morgan fingerprint density at radius 3 is 1.69 bits per heavy atom. The van der Waals surface area contributed by atoms with Crippen LogP contribution in [0.25, 0.3) is 0 Å². The minimum atomic E-state index is -0.338. The summed E-state index contributed by atoms with van der Waals surface area (Å²) >= 11 is 0. The summed E-state index contributed by atoms with van der Waals surface area (Å²) in [5.41, 5.74) is 12.1. The van der Waals surface area contributed by atoms with Gasteiger partial charge in [0.05, 0.1) is 13.2 Å². The van der Waals surface area contributed by atoms with Gasteiger partial charge in [-0.25, -0.2) is 0 Å². The predicted molar refractivity (Wildman–Crippen MR) is 111 cm³/mol. The van der Waals surface area contributed by atoms with Gasteiger partial charge in [-0.2, -0.15) is 0 Å². The molecule has 1 aliphatic heterocycles. The van der Waals surface area contributed by atoms with E-state index in [1.165, 1.54) is 39.8 Å². The summed E-state index contributed by atoms with van der Waals surface area (Å²) in [6.45, 7) is 1.49. The molecule has 6 aliphatic rings. The molecule has 9 rings (SSSR count). The lowest BCUT2D eigenvalue weighted by atomic mass is 9.58. The molecule has 1 spiro atoms. The molecule has 0 radical (unpaired) electrons. The summed E-state index contributed by atoms with van der Waals surface area (Å²) in [5, 5.41) is 0. The zero-order valence-corrected chi connectivity index (χ0v) is 16.2. The highest BCUT2D eigenvalue weighted by molar-refractivity contribution is 5.70. The van der Waals surface area contributed by atoms with Crippen molar-refractivity contribution in [2.45, 2.75) is 42.3 Å².